The zero-order valence-corrected chi connectivity index (χ0v) is 9.03. The number of benzene rings is 1. The number of likely N-dealkylation sites (tertiary alicyclic amines) is 1. The molecule has 2 N–H and O–H groups in total. The predicted molar refractivity (Wildman–Crippen MR) is 59.3 cm³/mol. The zero-order valence-electron chi connectivity index (χ0n) is 9.03. The highest BCUT2D eigenvalue weighted by molar-refractivity contribution is 5.79. The molecule has 0 aromatic heterocycles. The summed E-state index contributed by atoms with van der Waals surface area (Å²) in [6.45, 7) is 1.38. The van der Waals surface area contributed by atoms with E-state index in [1.54, 1.807) is 17.0 Å². The highest BCUT2D eigenvalue weighted by atomic mass is 19.1. The fourth-order valence-electron chi connectivity index (χ4n) is 1.90. The van der Waals surface area contributed by atoms with Gasteiger partial charge in [0.15, 0.2) is 0 Å². The monoisotopic (exact) mass is 222 g/mol. The van der Waals surface area contributed by atoms with E-state index in [-0.39, 0.29) is 17.8 Å². The first-order valence-electron chi connectivity index (χ1n) is 5.43. The molecule has 1 aliphatic heterocycles. The molecule has 4 heteroatoms. The summed E-state index contributed by atoms with van der Waals surface area (Å²) in [5.41, 5.74) is 6.57. The van der Waals surface area contributed by atoms with Crippen LogP contribution >= 0.6 is 0 Å². The van der Waals surface area contributed by atoms with Gasteiger partial charge < -0.3 is 10.6 Å². The van der Waals surface area contributed by atoms with Gasteiger partial charge in [0.1, 0.15) is 5.82 Å². The number of hydrogen-bond donors (Lipinski definition) is 1. The van der Waals surface area contributed by atoms with Gasteiger partial charge in [-0.05, 0) is 24.1 Å². The number of halogens is 1. The minimum atomic E-state index is -0.278. The SMILES string of the molecule is NC1CCN(C(=O)Cc2ccc(F)cc2)C1. The van der Waals surface area contributed by atoms with Gasteiger partial charge in [-0.2, -0.15) is 0 Å². The van der Waals surface area contributed by atoms with Crippen LogP contribution in [0.5, 0.6) is 0 Å². The van der Waals surface area contributed by atoms with E-state index in [0.717, 1.165) is 18.5 Å². The third-order valence-corrected chi connectivity index (χ3v) is 2.85. The lowest BCUT2D eigenvalue weighted by atomic mass is 10.1. The first-order chi connectivity index (χ1) is 7.65. The Bertz CT molecular complexity index is 377. The summed E-state index contributed by atoms with van der Waals surface area (Å²) >= 11 is 0. The Morgan fingerprint density at radius 1 is 1.44 bits per heavy atom. The number of rotatable bonds is 2. The van der Waals surface area contributed by atoms with Crippen LogP contribution < -0.4 is 5.73 Å². The number of carbonyl (C=O) groups is 1. The summed E-state index contributed by atoms with van der Waals surface area (Å²) in [5.74, 6) is -0.209. The van der Waals surface area contributed by atoms with Gasteiger partial charge in [-0.1, -0.05) is 12.1 Å². The molecule has 16 heavy (non-hydrogen) atoms. The Labute approximate surface area is 94.0 Å². The minimum Gasteiger partial charge on any atom is -0.341 e. The van der Waals surface area contributed by atoms with Gasteiger partial charge in [0.25, 0.3) is 0 Å². The number of nitrogens with two attached hydrogens (primary N) is 1. The van der Waals surface area contributed by atoms with E-state index in [4.69, 9.17) is 5.73 Å². The van der Waals surface area contributed by atoms with Gasteiger partial charge in [-0.15, -0.1) is 0 Å². The van der Waals surface area contributed by atoms with Crippen LogP contribution in [0.15, 0.2) is 24.3 Å². The van der Waals surface area contributed by atoms with Gasteiger partial charge in [-0.25, -0.2) is 4.39 Å². The molecule has 3 nitrogen and oxygen atoms in total. The van der Waals surface area contributed by atoms with E-state index >= 15 is 0 Å². The summed E-state index contributed by atoms with van der Waals surface area (Å²) in [5, 5.41) is 0. The number of carbonyl (C=O) groups excluding carboxylic acids is 1. The molecule has 0 saturated carbocycles. The molecule has 0 spiro atoms. The summed E-state index contributed by atoms with van der Waals surface area (Å²) in [7, 11) is 0. The van der Waals surface area contributed by atoms with Gasteiger partial charge in [0.05, 0.1) is 6.42 Å². The maximum Gasteiger partial charge on any atom is 0.227 e. The third kappa shape index (κ3) is 2.58. The van der Waals surface area contributed by atoms with E-state index in [2.05, 4.69) is 0 Å². The van der Waals surface area contributed by atoms with E-state index < -0.39 is 0 Å². The first-order valence-corrected chi connectivity index (χ1v) is 5.43. The van der Waals surface area contributed by atoms with Crippen LogP contribution in [0.25, 0.3) is 0 Å². The lowest BCUT2D eigenvalue weighted by Crippen LogP contribution is -2.32. The van der Waals surface area contributed by atoms with Crippen molar-refractivity contribution in [2.24, 2.45) is 5.73 Å². The molecule has 1 atom stereocenters. The average Bonchev–Trinajstić information content (AvgIpc) is 2.68. The van der Waals surface area contributed by atoms with Crippen molar-refractivity contribution < 1.29 is 9.18 Å². The highest BCUT2D eigenvalue weighted by Crippen LogP contribution is 2.10. The number of amides is 1. The Morgan fingerprint density at radius 3 is 2.69 bits per heavy atom. The quantitative estimate of drug-likeness (QED) is 0.809. The molecule has 1 fully saturated rings. The van der Waals surface area contributed by atoms with E-state index in [0.29, 0.717) is 13.0 Å². The first kappa shape index (κ1) is 11.1. The van der Waals surface area contributed by atoms with Crippen molar-refractivity contribution in [3.63, 3.8) is 0 Å². The lowest BCUT2D eigenvalue weighted by molar-refractivity contribution is -0.129. The van der Waals surface area contributed by atoms with Crippen molar-refractivity contribution in [3.05, 3.63) is 35.6 Å². The maximum atomic E-state index is 12.7. The zero-order chi connectivity index (χ0) is 11.5. The van der Waals surface area contributed by atoms with Crippen molar-refractivity contribution in [3.8, 4) is 0 Å². The van der Waals surface area contributed by atoms with Crippen LogP contribution in [0.3, 0.4) is 0 Å². The second-order valence-electron chi connectivity index (χ2n) is 4.19. The largest absolute Gasteiger partial charge is 0.341 e. The fraction of sp³-hybridized carbons (Fsp3) is 0.417. The lowest BCUT2D eigenvalue weighted by Gasteiger charge is -2.15. The molecule has 86 valence electrons. The molecular weight excluding hydrogens is 207 g/mol. The smallest absolute Gasteiger partial charge is 0.227 e. The molecule has 0 radical (unpaired) electrons. The Hall–Kier alpha value is -1.42. The maximum absolute atomic E-state index is 12.7. The van der Waals surface area contributed by atoms with Crippen LogP contribution in [0.1, 0.15) is 12.0 Å². The molecule has 2 rings (SSSR count). The Kier molecular flexibility index (Phi) is 3.19. The molecular formula is C12H15FN2O. The van der Waals surface area contributed by atoms with Crippen LogP contribution in [0.4, 0.5) is 4.39 Å². The van der Waals surface area contributed by atoms with Crippen LogP contribution in [-0.4, -0.2) is 29.9 Å². The topological polar surface area (TPSA) is 46.3 Å². The molecule has 0 aliphatic carbocycles. The third-order valence-electron chi connectivity index (χ3n) is 2.85. The molecule has 1 aromatic carbocycles. The van der Waals surface area contributed by atoms with Gasteiger partial charge in [0, 0.05) is 19.1 Å². The fourth-order valence-corrected chi connectivity index (χ4v) is 1.90. The van der Waals surface area contributed by atoms with E-state index in [1.165, 1.54) is 12.1 Å². The van der Waals surface area contributed by atoms with Crippen molar-refractivity contribution in [1.29, 1.82) is 0 Å². The van der Waals surface area contributed by atoms with Crippen molar-refractivity contribution in [1.82, 2.24) is 4.90 Å². The second-order valence-corrected chi connectivity index (χ2v) is 4.19. The van der Waals surface area contributed by atoms with Gasteiger partial charge >= 0.3 is 0 Å². The minimum absolute atomic E-state index is 0.0690. The Morgan fingerprint density at radius 2 is 2.12 bits per heavy atom. The molecule has 1 aromatic rings. The molecule has 1 amide bonds. The summed E-state index contributed by atoms with van der Waals surface area (Å²) in [6.07, 6.45) is 1.20. The predicted octanol–water partition coefficient (Wildman–Crippen LogP) is 0.928. The highest BCUT2D eigenvalue weighted by Gasteiger charge is 2.23. The number of hydrogen-bond acceptors (Lipinski definition) is 2. The van der Waals surface area contributed by atoms with Gasteiger partial charge in [-0.3, -0.25) is 4.79 Å². The van der Waals surface area contributed by atoms with Crippen LogP contribution in [0, 0.1) is 5.82 Å². The normalized spacial score (nSPS) is 20.1. The standard InChI is InChI=1S/C12H15FN2O/c13-10-3-1-9(2-4-10)7-12(16)15-6-5-11(14)8-15/h1-4,11H,5-8,14H2. The Balaban J connectivity index is 1.94. The molecule has 1 saturated heterocycles. The van der Waals surface area contributed by atoms with Crippen molar-refractivity contribution in [2.75, 3.05) is 13.1 Å². The van der Waals surface area contributed by atoms with E-state index in [1.807, 2.05) is 0 Å². The molecule has 0 bridgehead atoms. The molecule has 1 heterocycles. The van der Waals surface area contributed by atoms with Crippen LogP contribution in [-0.2, 0) is 11.2 Å². The van der Waals surface area contributed by atoms with Crippen molar-refractivity contribution in [2.45, 2.75) is 18.9 Å². The molecule has 1 aliphatic rings. The summed E-state index contributed by atoms with van der Waals surface area (Å²) in [6, 6.07) is 6.14. The summed E-state index contributed by atoms with van der Waals surface area (Å²) in [4.78, 5) is 13.6. The van der Waals surface area contributed by atoms with E-state index in [9.17, 15) is 9.18 Å². The molecule has 1 unspecified atom stereocenters. The van der Waals surface area contributed by atoms with Crippen molar-refractivity contribution >= 4 is 5.91 Å². The number of nitrogens with zero attached hydrogens (tertiary/aromatic N) is 1. The van der Waals surface area contributed by atoms with Crippen LogP contribution in [0.2, 0.25) is 0 Å². The van der Waals surface area contributed by atoms with Gasteiger partial charge in [0.2, 0.25) is 5.91 Å². The second kappa shape index (κ2) is 4.61. The average molecular weight is 222 g/mol. The summed E-state index contributed by atoms with van der Waals surface area (Å²) < 4.78 is 12.7.